The zero-order chi connectivity index (χ0) is 22.1. The van der Waals surface area contributed by atoms with E-state index in [4.69, 9.17) is 4.74 Å². The minimum Gasteiger partial charge on any atom is -0.497 e. The molecule has 1 aliphatic carbocycles. The van der Waals surface area contributed by atoms with Gasteiger partial charge in [-0.05, 0) is 44.0 Å². The number of rotatable bonds is 5. The number of carbonyl (C=O) groups is 1. The second kappa shape index (κ2) is 8.83. The second-order valence-corrected chi connectivity index (χ2v) is 9.72. The molecule has 1 atom stereocenters. The molecule has 8 heteroatoms. The lowest BCUT2D eigenvalue weighted by Gasteiger charge is -2.43. The van der Waals surface area contributed by atoms with Gasteiger partial charge in [-0.1, -0.05) is 31.4 Å². The number of hydrogen-bond acceptors (Lipinski definition) is 6. The summed E-state index contributed by atoms with van der Waals surface area (Å²) in [6.45, 7) is 4.41. The number of benzene rings is 1. The van der Waals surface area contributed by atoms with E-state index < -0.39 is 0 Å². The Balaban J connectivity index is 1.28. The molecule has 2 fully saturated rings. The number of nitrogens with one attached hydrogen (secondary N) is 1. The Bertz CT molecular complexity index is 952. The molecule has 1 saturated carbocycles. The van der Waals surface area contributed by atoms with Gasteiger partial charge in [0, 0.05) is 32.2 Å². The van der Waals surface area contributed by atoms with Crippen molar-refractivity contribution in [2.24, 2.45) is 0 Å². The van der Waals surface area contributed by atoms with Crippen molar-refractivity contribution in [2.75, 3.05) is 27.2 Å². The van der Waals surface area contributed by atoms with Crippen molar-refractivity contribution in [3.8, 4) is 5.75 Å². The fourth-order valence-corrected chi connectivity index (χ4v) is 5.58. The van der Waals surface area contributed by atoms with Crippen LogP contribution in [0, 0.1) is 0 Å². The SMILES string of the molecule is COc1ccc(CN2CC[C@]3(C2)Cn2c(nnc2C(=O)NC2CCCCC2)CN3C)cc1. The monoisotopic (exact) mass is 438 g/mol. The molecule has 2 aliphatic heterocycles. The lowest BCUT2D eigenvalue weighted by atomic mass is 9.94. The van der Waals surface area contributed by atoms with Gasteiger partial charge in [-0.25, -0.2) is 0 Å². The summed E-state index contributed by atoms with van der Waals surface area (Å²) >= 11 is 0. The maximum Gasteiger partial charge on any atom is 0.289 e. The Morgan fingerprint density at radius 2 is 1.94 bits per heavy atom. The highest BCUT2D eigenvalue weighted by Crippen LogP contribution is 2.35. The van der Waals surface area contributed by atoms with Crippen molar-refractivity contribution in [1.82, 2.24) is 29.9 Å². The molecule has 0 unspecified atom stereocenters. The molecule has 172 valence electrons. The van der Waals surface area contributed by atoms with Crippen molar-refractivity contribution in [3.05, 3.63) is 41.5 Å². The molecule has 1 N–H and O–H groups in total. The van der Waals surface area contributed by atoms with Crippen LogP contribution in [0.1, 0.15) is 60.5 Å². The molecule has 1 spiro atoms. The Hall–Kier alpha value is -2.45. The van der Waals surface area contributed by atoms with Crippen LogP contribution < -0.4 is 10.1 Å². The summed E-state index contributed by atoms with van der Waals surface area (Å²) in [5.41, 5.74) is 1.29. The van der Waals surface area contributed by atoms with Gasteiger partial charge in [-0.2, -0.15) is 0 Å². The molecule has 5 rings (SSSR count). The zero-order valence-electron chi connectivity index (χ0n) is 19.2. The van der Waals surface area contributed by atoms with E-state index in [0.717, 1.165) is 63.6 Å². The minimum atomic E-state index is -0.0663. The summed E-state index contributed by atoms with van der Waals surface area (Å²) in [6.07, 6.45) is 6.87. The van der Waals surface area contributed by atoms with E-state index in [1.807, 2.05) is 12.1 Å². The summed E-state index contributed by atoms with van der Waals surface area (Å²) in [5.74, 6) is 2.19. The molecule has 1 amide bonds. The van der Waals surface area contributed by atoms with Crippen molar-refractivity contribution < 1.29 is 9.53 Å². The maximum atomic E-state index is 13.0. The van der Waals surface area contributed by atoms with Gasteiger partial charge >= 0.3 is 0 Å². The Morgan fingerprint density at radius 3 is 2.69 bits per heavy atom. The smallest absolute Gasteiger partial charge is 0.289 e. The average molecular weight is 439 g/mol. The van der Waals surface area contributed by atoms with E-state index in [1.54, 1.807) is 7.11 Å². The first-order valence-electron chi connectivity index (χ1n) is 11.9. The van der Waals surface area contributed by atoms with Gasteiger partial charge in [0.1, 0.15) is 11.6 Å². The van der Waals surface area contributed by atoms with Gasteiger partial charge in [0.05, 0.1) is 19.2 Å². The molecule has 2 aromatic rings. The van der Waals surface area contributed by atoms with Crippen LogP contribution in [-0.4, -0.2) is 69.3 Å². The van der Waals surface area contributed by atoms with Gasteiger partial charge in [-0.3, -0.25) is 14.6 Å². The first kappa shape index (κ1) is 21.4. The number of amides is 1. The lowest BCUT2D eigenvalue weighted by molar-refractivity contribution is 0.0646. The number of aromatic nitrogens is 3. The van der Waals surface area contributed by atoms with Crippen LogP contribution in [0.4, 0.5) is 0 Å². The van der Waals surface area contributed by atoms with Gasteiger partial charge in [0.15, 0.2) is 0 Å². The molecule has 3 aliphatic rings. The first-order valence-corrected chi connectivity index (χ1v) is 11.9. The van der Waals surface area contributed by atoms with Crippen molar-refractivity contribution >= 4 is 5.91 Å². The summed E-state index contributed by atoms with van der Waals surface area (Å²) < 4.78 is 7.36. The van der Waals surface area contributed by atoms with Gasteiger partial charge in [-0.15, -0.1) is 10.2 Å². The van der Waals surface area contributed by atoms with E-state index in [1.165, 1.54) is 24.8 Å². The largest absolute Gasteiger partial charge is 0.497 e. The molecule has 0 radical (unpaired) electrons. The second-order valence-electron chi connectivity index (χ2n) is 9.72. The minimum absolute atomic E-state index is 0.00171. The number of hydrogen-bond donors (Lipinski definition) is 1. The molecule has 3 heterocycles. The fraction of sp³-hybridized carbons (Fsp3) is 0.625. The number of ether oxygens (including phenoxy) is 1. The summed E-state index contributed by atoms with van der Waals surface area (Å²) in [7, 11) is 3.87. The average Bonchev–Trinajstić information content (AvgIpc) is 3.40. The predicted molar refractivity (Wildman–Crippen MR) is 121 cm³/mol. The summed E-state index contributed by atoms with van der Waals surface area (Å²) in [5, 5.41) is 11.9. The molecule has 0 bridgehead atoms. The fourth-order valence-electron chi connectivity index (χ4n) is 5.58. The highest BCUT2D eigenvalue weighted by molar-refractivity contribution is 5.91. The van der Waals surface area contributed by atoms with Crippen LogP contribution in [-0.2, 0) is 19.6 Å². The third-order valence-electron chi connectivity index (χ3n) is 7.59. The topological polar surface area (TPSA) is 75.5 Å². The van der Waals surface area contributed by atoms with Crippen LogP contribution in [0.5, 0.6) is 5.75 Å². The van der Waals surface area contributed by atoms with Crippen LogP contribution in [0.25, 0.3) is 0 Å². The van der Waals surface area contributed by atoms with Crippen LogP contribution >= 0.6 is 0 Å². The number of nitrogens with zero attached hydrogens (tertiary/aromatic N) is 5. The Morgan fingerprint density at radius 1 is 1.16 bits per heavy atom. The lowest BCUT2D eigenvalue weighted by Crippen LogP contribution is -2.55. The quantitative estimate of drug-likeness (QED) is 0.773. The number of fused-ring (bicyclic) bond motifs is 1. The summed E-state index contributed by atoms with van der Waals surface area (Å²) in [6, 6.07) is 8.60. The molecule has 1 saturated heterocycles. The molecule has 1 aromatic carbocycles. The van der Waals surface area contributed by atoms with Crippen molar-refractivity contribution in [3.63, 3.8) is 0 Å². The predicted octanol–water partition coefficient (Wildman–Crippen LogP) is 2.44. The summed E-state index contributed by atoms with van der Waals surface area (Å²) in [4.78, 5) is 17.9. The Labute approximate surface area is 189 Å². The number of carbonyl (C=O) groups excluding carboxylic acids is 1. The Kier molecular flexibility index (Phi) is 5.90. The first-order chi connectivity index (χ1) is 15.6. The molecule has 1 aromatic heterocycles. The van der Waals surface area contributed by atoms with Gasteiger partial charge in [0.2, 0.25) is 5.82 Å². The normalized spacial score (nSPS) is 24.6. The standard InChI is InChI=1S/C24H34N6O2/c1-28-15-21-26-27-22(23(31)25-19-6-4-3-5-7-19)30(21)17-24(28)12-13-29(16-24)14-18-8-10-20(32-2)11-9-18/h8-11,19H,3-7,12-17H2,1-2H3,(H,25,31)/t24-/m0/s1. The van der Waals surface area contributed by atoms with Crippen LogP contribution in [0.15, 0.2) is 24.3 Å². The van der Waals surface area contributed by atoms with E-state index in [0.29, 0.717) is 5.82 Å². The number of likely N-dealkylation sites (tertiary alicyclic amines) is 1. The highest BCUT2D eigenvalue weighted by Gasteiger charge is 2.46. The third-order valence-corrected chi connectivity index (χ3v) is 7.59. The number of likely N-dealkylation sites (N-methyl/N-ethyl adjacent to an activating group) is 1. The van der Waals surface area contributed by atoms with Gasteiger partial charge < -0.3 is 14.6 Å². The van der Waals surface area contributed by atoms with Crippen LogP contribution in [0.2, 0.25) is 0 Å². The van der Waals surface area contributed by atoms with E-state index in [-0.39, 0.29) is 17.5 Å². The van der Waals surface area contributed by atoms with Crippen molar-refractivity contribution in [2.45, 2.75) is 69.7 Å². The van der Waals surface area contributed by atoms with Gasteiger partial charge in [0.25, 0.3) is 5.91 Å². The molecular formula is C24H34N6O2. The highest BCUT2D eigenvalue weighted by atomic mass is 16.5. The molecule has 32 heavy (non-hydrogen) atoms. The van der Waals surface area contributed by atoms with E-state index >= 15 is 0 Å². The van der Waals surface area contributed by atoms with Crippen molar-refractivity contribution in [1.29, 1.82) is 0 Å². The molecular weight excluding hydrogens is 404 g/mol. The number of methoxy groups -OCH3 is 1. The van der Waals surface area contributed by atoms with E-state index in [2.05, 4.69) is 49.1 Å². The zero-order valence-corrected chi connectivity index (χ0v) is 19.2. The third kappa shape index (κ3) is 4.13. The van der Waals surface area contributed by atoms with Crippen LogP contribution in [0.3, 0.4) is 0 Å². The van der Waals surface area contributed by atoms with E-state index in [9.17, 15) is 4.79 Å². The molecule has 8 nitrogen and oxygen atoms in total. The maximum absolute atomic E-state index is 13.0.